The summed E-state index contributed by atoms with van der Waals surface area (Å²) < 4.78 is 26.9. The van der Waals surface area contributed by atoms with Crippen LogP contribution in [0.3, 0.4) is 0 Å². The number of benzene rings is 1. The number of nitrogens with two attached hydrogens (primary N) is 1. The van der Waals surface area contributed by atoms with E-state index in [-0.39, 0.29) is 4.90 Å². The number of hydrogen-bond donors (Lipinski definition) is 2. The highest BCUT2D eigenvalue weighted by Crippen LogP contribution is 2.23. The van der Waals surface area contributed by atoms with Crippen LogP contribution in [0.25, 0.3) is 0 Å². The van der Waals surface area contributed by atoms with Crippen LogP contribution < -0.4 is 10.5 Å². The topological polar surface area (TPSA) is 85.1 Å². The Labute approximate surface area is 112 Å². The van der Waals surface area contributed by atoms with Crippen LogP contribution in [0.2, 0.25) is 0 Å². The van der Waals surface area contributed by atoms with Gasteiger partial charge >= 0.3 is 0 Å². The molecule has 2 rings (SSSR count). The van der Waals surface area contributed by atoms with E-state index in [1.807, 2.05) is 13.8 Å². The van der Waals surface area contributed by atoms with E-state index >= 15 is 0 Å². The highest BCUT2D eigenvalue weighted by atomic mass is 32.2. The fraction of sp³-hybridized carbons (Fsp3) is 0.154. The quantitative estimate of drug-likeness (QED) is 0.841. The summed E-state index contributed by atoms with van der Waals surface area (Å²) in [6, 6.07) is 6.24. The molecule has 19 heavy (non-hydrogen) atoms. The lowest BCUT2D eigenvalue weighted by molar-refractivity contribution is 0.601. The smallest absolute Gasteiger partial charge is 0.261 e. The molecular formula is C13H15N3O2S. The number of pyridine rings is 1. The molecular weight excluding hydrogens is 262 g/mol. The highest BCUT2D eigenvalue weighted by Gasteiger charge is 2.16. The van der Waals surface area contributed by atoms with Crippen molar-refractivity contribution in [1.29, 1.82) is 0 Å². The highest BCUT2D eigenvalue weighted by molar-refractivity contribution is 7.92. The van der Waals surface area contributed by atoms with E-state index in [1.54, 1.807) is 18.2 Å². The molecule has 1 aromatic carbocycles. The molecule has 0 unspecified atom stereocenters. The van der Waals surface area contributed by atoms with Crippen LogP contribution in [0.1, 0.15) is 11.1 Å². The molecule has 5 nitrogen and oxygen atoms in total. The van der Waals surface area contributed by atoms with Gasteiger partial charge in [0.2, 0.25) is 0 Å². The van der Waals surface area contributed by atoms with Gasteiger partial charge in [0, 0.05) is 18.1 Å². The van der Waals surface area contributed by atoms with E-state index in [2.05, 4.69) is 9.71 Å². The van der Waals surface area contributed by atoms with Gasteiger partial charge in [-0.1, -0.05) is 0 Å². The number of nitrogen functional groups attached to an aromatic ring is 1. The molecule has 100 valence electrons. The average molecular weight is 277 g/mol. The Morgan fingerprint density at radius 1 is 1.16 bits per heavy atom. The molecule has 0 saturated carbocycles. The number of rotatable bonds is 3. The Morgan fingerprint density at radius 2 is 1.79 bits per heavy atom. The monoisotopic (exact) mass is 277 g/mol. The Hall–Kier alpha value is -2.08. The molecule has 6 heteroatoms. The molecule has 0 bridgehead atoms. The third kappa shape index (κ3) is 2.85. The minimum atomic E-state index is -3.63. The van der Waals surface area contributed by atoms with Gasteiger partial charge in [-0.05, 0) is 49.2 Å². The molecule has 0 fully saturated rings. The lowest BCUT2D eigenvalue weighted by Gasteiger charge is -2.11. The first-order valence-electron chi connectivity index (χ1n) is 5.70. The number of nitrogens with one attached hydrogen (secondary N) is 1. The van der Waals surface area contributed by atoms with Crippen molar-refractivity contribution in [2.45, 2.75) is 18.7 Å². The lowest BCUT2D eigenvalue weighted by atomic mass is 10.1. The second-order valence-corrected chi connectivity index (χ2v) is 5.98. The van der Waals surface area contributed by atoms with Crippen molar-refractivity contribution >= 4 is 21.4 Å². The maximum atomic E-state index is 12.2. The Kier molecular flexibility index (Phi) is 3.44. The predicted octanol–water partition coefficient (Wildman–Crippen LogP) is 2.08. The zero-order valence-corrected chi connectivity index (χ0v) is 11.5. The maximum Gasteiger partial charge on any atom is 0.261 e. The molecule has 0 aliphatic rings. The van der Waals surface area contributed by atoms with Crippen LogP contribution in [-0.2, 0) is 10.0 Å². The summed E-state index contributed by atoms with van der Waals surface area (Å²) in [7, 11) is -3.63. The molecule has 0 amide bonds. The molecule has 2 aromatic rings. The Balaban J connectivity index is 2.40. The minimum absolute atomic E-state index is 0.157. The Morgan fingerprint density at radius 3 is 2.37 bits per heavy atom. The van der Waals surface area contributed by atoms with Crippen molar-refractivity contribution in [3.8, 4) is 0 Å². The van der Waals surface area contributed by atoms with E-state index < -0.39 is 10.0 Å². The van der Waals surface area contributed by atoms with Gasteiger partial charge in [0.15, 0.2) is 0 Å². The van der Waals surface area contributed by atoms with Crippen molar-refractivity contribution < 1.29 is 8.42 Å². The lowest BCUT2D eigenvalue weighted by Crippen LogP contribution is -2.14. The molecule has 0 aliphatic carbocycles. The van der Waals surface area contributed by atoms with E-state index in [0.29, 0.717) is 11.4 Å². The number of aromatic nitrogens is 1. The van der Waals surface area contributed by atoms with Crippen LogP contribution in [-0.4, -0.2) is 13.4 Å². The molecule has 0 radical (unpaired) electrons. The summed E-state index contributed by atoms with van der Waals surface area (Å²) in [4.78, 5) is 3.99. The standard InChI is InChI=1S/C13H15N3O2S/c1-9-7-12(8-13(14)10(9)2)19(17,18)16-11-3-5-15-6-4-11/h3-8H,14H2,1-2H3,(H,15,16). The first kappa shape index (κ1) is 13.4. The fourth-order valence-corrected chi connectivity index (χ4v) is 2.82. The zero-order chi connectivity index (χ0) is 14.0. The SMILES string of the molecule is Cc1cc(S(=O)(=O)Nc2ccncc2)cc(N)c1C. The van der Waals surface area contributed by atoms with Crippen molar-refractivity contribution in [1.82, 2.24) is 4.98 Å². The molecule has 0 atom stereocenters. The van der Waals surface area contributed by atoms with Crippen LogP contribution in [0, 0.1) is 13.8 Å². The summed E-state index contributed by atoms with van der Waals surface area (Å²) in [6.07, 6.45) is 3.04. The van der Waals surface area contributed by atoms with Crippen LogP contribution >= 0.6 is 0 Å². The van der Waals surface area contributed by atoms with E-state index in [4.69, 9.17) is 5.73 Å². The number of hydrogen-bond acceptors (Lipinski definition) is 4. The normalized spacial score (nSPS) is 11.3. The minimum Gasteiger partial charge on any atom is -0.398 e. The third-order valence-corrected chi connectivity index (χ3v) is 4.28. The van der Waals surface area contributed by atoms with Crippen LogP contribution in [0.5, 0.6) is 0 Å². The molecule has 0 aliphatic heterocycles. The molecule has 0 saturated heterocycles. The van der Waals surface area contributed by atoms with E-state index in [9.17, 15) is 8.42 Å². The van der Waals surface area contributed by atoms with Gasteiger partial charge in [0.25, 0.3) is 10.0 Å². The van der Waals surface area contributed by atoms with Gasteiger partial charge in [-0.3, -0.25) is 9.71 Å². The molecule has 1 aromatic heterocycles. The largest absolute Gasteiger partial charge is 0.398 e. The van der Waals surface area contributed by atoms with Crippen molar-refractivity contribution in [2.24, 2.45) is 0 Å². The summed E-state index contributed by atoms with van der Waals surface area (Å²) in [5, 5.41) is 0. The van der Waals surface area contributed by atoms with Gasteiger partial charge in [0.05, 0.1) is 10.6 Å². The van der Waals surface area contributed by atoms with E-state index in [0.717, 1.165) is 11.1 Å². The van der Waals surface area contributed by atoms with Crippen LogP contribution in [0.4, 0.5) is 11.4 Å². The predicted molar refractivity (Wildman–Crippen MR) is 75.4 cm³/mol. The van der Waals surface area contributed by atoms with Crippen LogP contribution in [0.15, 0.2) is 41.6 Å². The van der Waals surface area contributed by atoms with Gasteiger partial charge < -0.3 is 5.73 Å². The summed E-state index contributed by atoms with van der Waals surface area (Å²) in [5.74, 6) is 0. The second kappa shape index (κ2) is 4.89. The number of aryl methyl sites for hydroxylation is 1. The molecule has 3 N–H and O–H groups in total. The van der Waals surface area contributed by atoms with Gasteiger partial charge in [-0.2, -0.15) is 0 Å². The summed E-state index contributed by atoms with van der Waals surface area (Å²) in [6.45, 7) is 3.69. The second-order valence-electron chi connectivity index (χ2n) is 4.30. The number of anilines is 2. The van der Waals surface area contributed by atoms with Crippen molar-refractivity contribution in [3.63, 3.8) is 0 Å². The van der Waals surface area contributed by atoms with Crippen molar-refractivity contribution in [3.05, 3.63) is 47.8 Å². The summed E-state index contributed by atoms with van der Waals surface area (Å²) in [5.41, 5.74) is 8.48. The third-order valence-electron chi connectivity index (χ3n) is 2.92. The first-order chi connectivity index (χ1) is 8.90. The Bertz CT molecular complexity index is 674. The first-order valence-corrected chi connectivity index (χ1v) is 7.18. The maximum absolute atomic E-state index is 12.2. The molecule has 0 spiro atoms. The zero-order valence-electron chi connectivity index (χ0n) is 10.7. The average Bonchev–Trinajstić information content (AvgIpc) is 2.36. The fourth-order valence-electron chi connectivity index (χ4n) is 1.64. The summed E-state index contributed by atoms with van der Waals surface area (Å²) >= 11 is 0. The van der Waals surface area contributed by atoms with Gasteiger partial charge in [0.1, 0.15) is 0 Å². The molecule has 1 heterocycles. The van der Waals surface area contributed by atoms with Gasteiger partial charge in [-0.15, -0.1) is 0 Å². The number of sulfonamides is 1. The van der Waals surface area contributed by atoms with Gasteiger partial charge in [-0.25, -0.2) is 8.42 Å². The van der Waals surface area contributed by atoms with E-state index in [1.165, 1.54) is 18.5 Å². The van der Waals surface area contributed by atoms with Crippen molar-refractivity contribution in [2.75, 3.05) is 10.5 Å². The number of nitrogens with zero attached hydrogens (tertiary/aromatic N) is 1.